The highest BCUT2D eigenvalue weighted by atomic mass is 16.5. The maximum atomic E-state index is 12.2. The van der Waals surface area contributed by atoms with Gasteiger partial charge in [0.05, 0.1) is 6.54 Å². The van der Waals surface area contributed by atoms with Crippen molar-refractivity contribution in [3.05, 3.63) is 24.3 Å². The minimum absolute atomic E-state index is 0.102. The van der Waals surface area contributed by atoms with Crippen LogP contribution in [0.4, 0.5) is 0 Å². The fourth-order valence-corrected chi connectivity index (χ4v) is 2.52. The number of nitrogens with zero attached hydrogens (tertiary/aromatic N) is 3. The van der Waals surface area contributed by atoms with E-state index in [1.54, 1.807) is 21.0 Å². The number of carbonyl (C=O) groups excluding carboxylic acids is 4. The average molecular weight is 394 g/mol. The van der Waals surface area contributed by atoms with Crippen LogP contribution in [0.2, 0.25) is 0 Å². The Kier molecular flexibility index (Phi) is 8.84. The maximum Gasteiger partial charge on any atom is 0.333 e. The summed E-state index contributed by atoms with van der Waals surface area (Å²) in [6.45, 7) is 12.4. The summed E-state index contributed by atoms with van der Waals surface area (Å²) in [6, 6.07) is 0. The second kappa shape index (κ2) is 10.6. The van der Waals surface area contributed by atoms with E-state index in [-0.39, 0.29) is 24.6 Å². The summed E-state index contributed by atoms with van der Waals surface area (Å²) in [5.74, 6) is -1.90. The van der Waals surface area contributed by atoms with Gasteiger partial charge in [0.1, 0.15) is 6.10 Å². The van der Waals surface area contributed by atoms with Crippen LogP contribution < -0.4 is 5.32 Å². The molecular formula is C19H30N4O5. The van der Waals surface area contributed by atoms with Gasteiger partial charge < -0.3 is 24.8 Å². The lowest BCUT2D eigenvalue weighted by Gasteiger charge is -2.33. The molecule has 1 N–H and O–H groups in total. The molecule has 156 valence electrons. The molecule has 1 atom stereocenters. The highest BCUT2D eigenvalue weighted by molar-refractivity contribution is 6.35. The number of likely N-dealkylation sites (N-methyl/N-ethyl adjacent to an activating group) is 2. The third-order valence-electron chi connectivity index (χ3n) is 4.28. The van der Waals surface area contributed by atoms with E-state index < -0.39 is 23.9 Å². The molecule has 0 saturated carbocycles. The van der Waals surface area contributed by atoms with E-state index in [9.17, 15) is 19.2 Å². The molecule has 3 amide bonds. The lowest BCUT2D eigenvalue weighted by atomic mass is 10.2. The number of nitrogens with one attached hydrogen (secondary N) is 1. The van der Waals surface area contributed by atoms with Crippen LogP contribution in [0.15, 0.2) is 24.3 Å². The monoisotopic (exact) mass is 394 g/mol. The molecule has 9 heteroatoms. The zero-order valence-corrected chi connectivity index (χ0v) is 17.1. The number of esters is 1. The molecule has 1 rings (SSSR count). The second-order valence-corrected chi connectivity index (χ2v) is 7.00. The average Bonchev–Trinajstić information content (AvgIpc) is 2.64. The fourth-order valence-electron chi connectivity index (χ4n) is 2.52. The molecule has 0 bridgehead atoms. The number of ether oxygens (including phenoxy) is 1. The Morgan fingerprint density at radius 3 is 2.39 bits per heavy atom. The van der Waals surface area contributed by atoms with Crippen LogP contribution in [0, 0.1) is 0 Å². The molecular weight excluding hydrogens is 364 g/mol. The second-order valence-electron chi connectivity index (χ2n) is 7.00. The van der Waals surface area contributed by atoms with Crippen LogP contribution in [-0.4, -0.2) is 97.9 Å². The fraction of sp³-hybridized carbons (Fsp3) is 0.579. The molecule has 1 heterocycles. The van der Waals surface area contributed by atoms with Crippen LogP contribution >= 0.6 is 0 Å². The van der Waals surface area contributed by atoms with Crippen molar-refractivity contribution in [2.45, 2.75) is 20.0 Å². The summed E-state index contributed by atoms with van der Waals surface area (Å²) >= 11 is 0. The predicted octanol–water partition coefficient (Wildman–Crippen LogP) is -0.601. The summed E-state index contributed by atoms with van der Waals surface area (Å²) in [6.07, 6.45) is -0.647. The summed E-state index contributed by atoms with van der Waals surface area (Å²) in [4.78, 5) is 52.0. The summed E-state index contributed by atoms with van der Waals surface area (Å²) in [5, 5.41) is 3.12. The van der Waals surface area contributed by atoms with Gasteiger partial charge in [0.25, 0.3) is 0 Å². The van der Waals surface area contributed by atoms with Crippen LogP contribution in [0.5, 0.6) is 0 Å². The number of amides is 3. The van der Waals surface area contributed by atoms with Crippen LogP contribution in [-0.2, 0) is 23.9 Å². The van der Waals surface area contributed by atoms with Gasteiger partial charge in [-0.3, -0.25) is 14.4 Å². The van der Waals surface area contributed by atoms with Crippen molar-refractivity contribution < 1.29 is 23.9 Å². The van der Waals surface area contributed by atoms with Crippen molar-refractivity contribution in [3.8, 4) is 0 Å². The van der Waals surface area contributed by atoms with E-state index in [2.05, 4.69) is 18.5 Å². The third kappa shape index (κ3) is 6.80. The van der Waals surface area contributed by atoms with Crippen molar-refractivity contribution in [3.63, 3.8) is 0 Å². The van der Waals surface area contributed by atoms with Gasteiger partial charge in [0.2, 0.25) is 5.91 Å². The summed E-state index contributed by atoms with van der Waals surface area (Å²) in [5.41, 5.74) is 0.701. The SMILES string of the molecule is C=C(C)C(=O)OC(CNCCN(C)C(=O)C(=C)C)CN1CCN(C)C(=O)C1=O. The topological polar surface area (TPSA) is 99.3 Å². The van der Waals surface area contributed by atoms with Crippen LogP contribution in [0.1, 0.15) is 13.8 Å². The van der Waals surface area contributed by atoms with Crippen molar-refractivity contribution >= 4 is 23.7 Å². The number of rotatable bonds is 10. The molecule has 1 fully saturated rings. The van der Waals surface area contributed by atoms with Crippen LogP contribution in [0.25, 0.3) is 0 Å². The lowest BCUT2D eigenvalue weighted by Crippen LogP contribution is -2.55. The Hall–Kier alpha value is -2.68. The molecule has 0 aromatic heterocycles. The van der Waals surface area contributed by atoms with E-state index in [1.807, 2.05) is 0 Å². The Balaban J connectivity index is 2.62. The first-order chi connectivity index (χ1) is 13.0. The minimum atomic E-state index is -0.647. The highest BCUT2D eigenvalue weighted by Gasteiger charge is 2.32. The van der Waals surface area contributed by atoms with E-state index >= 15 is 0 Å². The molecule has 9 nitrogen and oxygen atoms in total. The van der Waals surface area contributed by atoms with Crippen LogP contribution in [0.3, 0.4) is 0 Å². The molecule has 0 aliphatic carbocycles. The first-order valence-corrected chi connectivity index (χ1v) is 9.07. The first-order valence-electron chi connectivity index (χ1n) is 9.07. The normalized spacial score (nSPS) is 15.3. The van der Waals surface area contributed by atoms with Gasteiger partial charge in [-0.15, -0.1) is 0 Å². The van der Waals surface area contributed by atoms with Gasteiger partial charge in [-0.25, -0.2) is 4.79 Å². The minimum Gasteiger partial charge on any atom is -0.456 e. The Morgan fingerprint density at radius 2 is 1.82 bits per heavy atom. The first kappa shape index (κ1) is 23.4. The Labute approximate surface area is 166 Å². The van der Waals surface area contributed by atoms with Crippen molar-refractivity contribution in [1.29, 1.82) is 0 Å². The quantitative estimate of drug-likeness (QED) is 0.230. The molecule has 28 heavy (non-hydrogen) atoms. The molecule has 0 aromatic rings. The maximum absolute atomic E-state index is 12.2. The third-order valence-corrected chi connectivity index (χ3v) is 4.28. The van der Waals surface area contributed by atoms with Gasteiger partial charge in [-0.05, 0) is 13.8 Å². The van der Waals surface area contributed by atoms with E-state index in [1.165, 1.54) is 21.6 Å². The zero-order valence-electron chi connectivity index (χ0n) is 17.1. The van der Waals surface area contributed by atoms with E-state index in [4.69, 9.17) is 4.74 Å². The van der Waals surface area contributed by atoms with Gasteiger partial charge in [-0.2, -0.15) is 0 Å². The van der Waals surface area contributed by atoms with Gasteiger partial charge in [0, 0.05) is 58.0 Å². The lowest BCUT2D eigenvalue weighted by molar-refractivity contribution is -0.158. The van der Waals surface area contributed by atoms with Crippen molar-refractivity contribution in [2.75, 3.05) is 53.4 Å². The molecule has 1 aliphatic heterocycles. The molecule has 0 radical (unpaired) electrons. The largest absolute Gasteiger partial charge is 0.456 e. The summed E-state index contributed by atoms with van der Waals surface area (Å²) < 4.78 is 5.40. The van der Waals surface area contributed by atoms with E-state index in [0.717, 1.165) is 0 Å². The standard InChI is InChI=1S/C19H30N4O5/c1-13(2)16(24)21(5)8-7-20-11-15(28-19(27)14(3)4)12-23-10-9-22(6)17(25)18(23)26/h15,20H,1,3,7-12H2,2,4-6H3. The number of piperazine rings is 1. The smallest absolute Gasteiger partial charge is 0.333 e. The summed E-state index contributed by atoms with van der Waals surface area (Å²) in [7, 11) is 3.24. The predicted molar refractivity (Wildman–Crippen MR) is 104 cm³/mol. The van der Waals surface area contributed by atoms with Gasteiger partial charge in [0.15, 0.2) is 0 Å². The highest BCUT2D eigenvalue weighted by Crippen LogP contribution is 2.07. The molecule has 0 aromatic carbocycles. The number of hydrogen-bond acceptors (Lipinski definition) is 6. The van der Waals surface area contributed by atoms with Gasteiger partial charge in [-0.1, -0.05) is 13.2 Å². The Bertz CT molecular complexity index is 661. The van der Waals surface area contributed by atoms with E-state index in [0.29, 0.717) is 31.8 Å². The molecule has 1 aliphatic rings. The molecule has 1 saturated heterocycles. The molecule has 0 spiro atoms. The number of carbonyl (C=O) groups is 4. The molecule has 1 unspecified atom stereocenters. The van der Waals surface area contributed by atoms with Gasteiger partial charge >= 0.3 is 17.8 Å². The van der Waals surface area contributed by atoms with Crippen molar-refractivity contribution in [1.82, 2.24) is 20.0 Å². The van der Waals surface area contributed by atoms with Crippen molar-refractivity contribution in [2.24, 2.45) is 0 Å². The Morgan fingerprint density at radius 1 is 1.18 bits per heavy atom. The number of hydrogen-bond donors (Lipinski definition) is 1. The zero-order chi connectivity index (χ0) is 21.4.